The number of rotatable bonds is 7. The van der Waals surface area contributed by atoms with Gasteiger partial charge in [0.25, 0.3) is 0 Å². The number of fused-ring (bicyclic) bond motifs is 6. The van der Waals surface area contributed by atoms with Crippen LogP contribution in [0, 0.1) is 0 Å². The van der Waals surface area contributed by atoms with Crippen LogP contribution in [0.4, 0.5) is 0 Å². The molecule has 0 aromatic heterocycles. The molecule has 0 nitrogen and oxygen atoms in total. The fourth-order valence-corrected chi connectivity index (χ4v) is 47.1. The molecule has 6 heteroatoms. The van der Waals surface area contributed by atoms with E-state index in [0.29, 0.717) is 7.35 Å². The Labute approximate surface area is 355 Å². The Morgan fingerprint density at radius 3 is 1.12 bits per heavy atom. The van der Waals surface area contributed by atoms with Crippen LogP contribution in [0.2, 0.25) is 94.5 Å². The van der Waals surface area contributed by atoms with Crippen molar-refractivity contribution < 1.29 is 20.0 Å². The van der Waals surface area contributed by atoms with Crippen LogP contribution in [0.1, 0.15) is 29.6 Å². The Morgan fingerprint density at radius 1 is 0.439 bits per heavy atom. The van der Waals surface area contributed by atoms with Crippen LogP contribution in [-0.4, -0.2) is 40.4 Å². The molecule has 1 saturated heterocycles. The zero-order valence-electron chi connectivity index (χ0n) is 37.6. The van der Waals surface area contributed by atoms with E-state index < -0.39 is 60.3 Å². The Hall–Kier alpha value is -2.47. The zero-order chi connectivity index (χ0) is 41.2. The van der Waals surface area contributed by atoms with E-state index in [-0.39, 0.29) is 0 Å². The fourth-order valence-electron chi connectivity index (χ4n) is 10.5. The molecule has 2 atom stereocenters. The molecular formula is C51H66HfSi5. The van der Waals surface area contributed by atoms with Gasteiger partial charge >= 0.3 is 358 Å². The number of hydrogen-bond donors (Lipinski definition) is 0. The second-order valence-corrected chi connectivity index (χ2v) is 64.1. The van der Waals surface area contributed by atoms with Gasteiger partial charge in [-0.05, 0) is 0 Å². The van der Waals surface area contributed by atoms with Crippen LogP contribution in [0.15, 0.2) is 114 Å². The molecule has 294 valence electrons. The third-order valence-corrected chi connectivity index (χ3v) is 44.1. The first-order valence-electron chi connectivity index (χ1n) is 21.5. The average Bonchev–Trinajstić information content (AvgIpc) is 3.74. The van der Waals surface area contributed by atoms with Crippen molar-refractivity contribution in [3.63, 3.8) is 0 Å². The van der Waals surface area contributed by atoms with Crippen molar-refractivity contribution in [2.24, 2.45) is 0 Å². The summed E-state index contributed by atoms with van der Waals surface area (Å²) in [6.07, 6.45) is 5.56. The Balaban J connectivity index is 1.38. The quantitative estimate of drug-likeness (QED) is 0.143. The molecule has 0 amide bonds. The summed E-state index contributed by atoms with van der Waals surface area (Å²) in [5.41, 5.74) is 12.2. The topological polar surface area (TPSA) is 0 Å². The van der Waals surface area contributed by atoms with Gasteiger partial charge in [-0.25, -0.2) is 0 Å². The van der Waals surface area contributed by atoms with Crippen LogP contribution in [0.5, 0.6) is 0 Å². The molecule has 1 heterocycles. The average molecular weight is 998 g/mol. The maximum absolute atomic E-state index is 3.29. The molecule has 0 radical (unpaired) electrons. The maximum atomic E-state index is 2.83. The van der Waals surface area contributed by atoms with E-state index in [4.69, 9.17) is 0 Å². The first-order valence-corrected chi connectivity index (χ1v) is 49.3. The third-order valence-electron chi connectivity index (χ3n) is 14.1. The van der Waals surface area contributed by atoms with Crippen LogP contribution < -0.4 is 25.9 Å². The normalized spacial score (nSPS) is 21.3. The monoisotopic (exact) mass is 998 g/mol. The molecule has 0 bridgehead atoms. The Bertz CT molecular complexity index is 2280. The van der Waals surface area contributed by atoms with E-state index in [1.54, 1.807) is 47.5 Å². The van der Waals surface area contributed by atoms with E-state index in [1.807, 2.05) is 0 Å². The van der Waals surface area contributed by atoms with Crippen LogP contribution in [0.25, 0.3) is 34.4 Å². The van der Waals surface area contributed by atoms with Crippen LogP contribution in [0.3, 0.4) is 0 Å². The van der Waals surface area contributed by atoms with Gasteiger partial charge in [0.1, 0.15) is 0 Å². The number of benzene rings is 5. The van der Waals surface area contributed by atoms with Crippen molar-refractivity contribution in [2.45, 2.75) is 102 Å². The van der Waals surface area contributed by atoms with Gasteiger partial charge in [-0.15, -0.1) is 0 Å². The predicted molar refractivity (Wildman–Crippen MR) is 267 cm³/mol. The summed E-state index contributed by atoms with van der Waals surface area (Å²) in [4.78, 5) is 0. The van der Waals surface area contributed by atoms with Crippen LogP contribution >= 0.6 is 0 Å². The summed E-state index contributed by atoms with van der Waals surface area (Å²) >= 11 is -3.29. The van der Waals surface area contributed by atoms with E-state index >= 15 is 0 Å². The second-order valence-electron chi connectivity index (χ2n) is 22.6. The molecule has 5 aromatic rings. The molecule has 0 saturated carbocycles. The Morgan fingerprint density at radius 2 is 0.789 bits per heavy atom. The molecular weight excluding hydrogens is 931 g/mol. The molecule has 0 spiro atoms. The third kappa shape index (κ3) is 6.90. The van der Waals surface area contributed by atoms with E-state index in [1.165, 1.54) is 33.4 Å². The molecule has 8 rings (SSSR count). The van der Waals surface area contributed by atoms with Gasteiger partial charge in [0.2, 0.25) is 0 Å². The van der Waals surface area contributed by atoms with Crippen molar-refractivity contribution in [1.82, 2.24) is 0 Å². The SMILES string of the molecule is C[Si](C)(C)c1cc(-c2cccc3c2C=C2[CH]3[Hf]([CH3])([CH3])[CH]3C(=Cc4c(-c5cc([Si](C)(C)C)cc([Si](C)(C)C)c5)cccc43)[Si]2(C)c2ccccc2)cc([Si](C)(C)C)c1. The molecule has 1 aliphatic heterocycles. The first-order chi connectivity index (χ1) is 26.4. The summed E-state index contributed by atoms with van der Waals surface area (Å²) < 4.78 is 6.81. The summed E-state index contributed by atoms with van der Waals surface area (Å²) in [6.45, 7) is 33.0. The van der Waals surface area contributed by atoms with Crippen molar-refractivity contribution in [3.8, 4) is 22.3 Å². The summed E-state index contributed by atoms with van der Waals surface area (Å²) in [5, 5.41) is 11.6. The second kappa shape index (κ2) is 13.8. The molecule has 2 unspecified atom stereocenters. The molecule has 0 N–H and O–H groups in total. The van der Waals surface area contributed by atoms with E-state index in [2.05, 4.69) is 210 Å². The summed E-state index contributed by atoms with van der Waals surface area (Å²) in [7, 11) is -8.51. The van der Waals surface area contributed by atoms with Crippen molar-refractivity contribution in [1.29, 1.82) is 0 Å². The summed E-state index contributed by atoms with van der Waals surface area (Å²) in [6, 6.07) is 42.2. The van der Waals surface area contributed by atoms with Gasteiger partial charge in [0.15, 0.2) is 0 Å². The number of hydrogen-bond acceptors (Lipinski definition) is 0. The molecule has 3 aliphatic rings. The van der Waals surface area contributed by atoms with E-state index in [0.717, 1.165) is 0 Å². The summed E-state index contributed by atoms with van der Waals surface area (Å²) in [5.74, 6) is 0. The van der Waals surface area contributed by atoms with Gasteiger partial charge in [-0.3, -0.25) is 0 Å². The van der Waals surface area contributed by atoms with E-state index in [9.17, 15) is 0 Å². The predicted octanol–water partition coefficient (Wildman–Crippen LogP) is 12.1. The molecule has 5 aromatic carbocycles. The van der Waals surface area contributed by atoms with Gasteiger partial charge in [-0.1, -0.05) is 0 Å². The van der Waals surface area contributed by atoms with Gasteiger partial charge in [0, 0.05) is 0 Å². The minimum absolute atomic E-state index is 0.575. The van der Waals surface area contributed by atoms with Gasteiger partial charge < -0.3 is 0 Å². The Kier molecular flexibility index (Phi) is 9.98. The van der Waals surface area contributed by atoms with Gasteiger partial charge in [0.05, 0.1) is 0 Å². The van der Waals surface area contributed by atoms with Crippen molar-refractivity contribution in [2.75, 3.05) is 0 Å². The standard InChI is InChI=1S/C49H60Si5.2CH3.Hf/c1-50(2,3)40-27-37(28-41(31-40)51(4,5)6)46-23-17-19-35-25-44(33-48(35)46)54(13,39-21-15-14-16-22-39)45-26-36-20-18-24-47(49(36)34-45)38-29-42(52(7,8)9)32-43(30-38)53(10,11)12;;;/h14-34H,1-13H3;2*1H3;. The van der Waals surface area contributed by atoms with Crippen molar-refractivity contribution in [3.05, 3.63) is 136 Å². The van der Waals surface area contributed by atoms with Gasteiger partial charge in [-0.2, -0.15) is 0 Å². The first kappa shape index (κ1) is 41.3. The molecule has 57 heavy (non-hydrogen) atoms. The minimum atomic E-state index is -3.29. The molecule has 1 fully saturated rings. The van der Waals surface area contributed by atoms with Crippen molar-refractivity contribution >= 4 is 78.5 Å². The fraction of sp³-hybridized carbons (Fsp3) is 0.333. The molecule has 2 aliphatic carbocycles. The number of allylic oxidation sites excluding steroid dienone is 2. The van der Waals surface area contributed by atoms with Crippen LogP contribution in [-0.2, 0) is 20.0 Å². The zero-order valence-corrected chi connectivity index (χ0v) is 46.2.